The van der Waals surface area contributed by atoms with Gasteiger partial charge in [-0.15, -0.1) is 0 Å². The average Bonchev–Trinajstić information content (AvgIpc) is 2.99. The highest BCUT2D eigenvalue weighted by Crippen LogP contribution is 2.20. The first-order valence-electron chi connectivity index (χ1n) is 7.23. The number of carbonyl (C=O) groups excluding carboxylic acids is 1. The van der Waals surface area contributed by atoms with Crippen LogP contribution in [0.5, 0.6) is 0 Å². The number of carbonyl (C=O) groups is 1. The van der Waals surface area contributed by atoms with Crippen molar-refractivity contribution in [1.82, 2.24) is 5.32 Å². The summed E-state index contributed by atoms with van der Waals surface area (Å²) in [6.07, 6.45) is 2.36. The molecule has 1 amide bonds. The SMILES string of the molecule is COCCNC(=O)c1cc(N)ccc1NC[C@@H]1CCCO1. The predicted octanol–water partition coefficient (Wildman–Crippen LogP) is 1.24. The van der Waals surface area contributed by atoms with Gasteiger partial charge in [-0.1, -0.05) is 0 Å². The van der Waals surface area contributed by atoms with Crippen LogP contribution in [0.4, 0.5) is 11.4 Å². The van der Waals surface area contributed by atoms with Gasteiger partial charge in [0.05, 0.1) is 18.3 Å². The molecule has 0 radical (unpaired) electrons. The van der Waals surface area contributed by atoms with Crippen molar-refractivity contribution < 1.29 is 14.3 Å². The molecule has 6 heteroatoms. The number of methoxy groups -OCH3 is 1. The summed E-state index contributed by atoms with van der Waals surface area (Å²) in [5, 5.41) is 6.09. The van der Waals surface area contributed by atoms with E-state index in [0.29, 0.717) is 30.9 Å². The molecule has 0 bridgehead atoms. The maximum Gasteiger partial charge on any atom is 0.253 e. The summed E-state index contributed by atoms with van der Waals surface area (Å²) in [5.41, 5.74) is 7.66. The minimum atomic E-state index is -0.158. The lowest BCUT2D eigenvalue weighted by molar-refractivity contribution is 0.0937. The Labute approximate surface area is 125 Å². The highest BCUT2D eigenvalue weighted by Gasteiger charge is 2.17. The molecular weight excluding hydrogens is 270 g/mol. The van der Waals surface area contributed by atoms with E-state index in [-0.39, 0.29) is 12.0 Å². The van der Waals surface area contributed by atoms with Gasteiger partial charge in [-0.2, -0.15) is 0 Å². The Morgan fingerprint density at radius 3 is 3.10 bits per heavy atom. The third kappa shape index (κ3) is 4.61. The Kier molecular flexibility index (Phi) is 5.83. The molecule has 1 aliphatic heterocycles. The van der Waals surface area contributed by atoms with Crippen molar-refractivity contribution in [3.8, 4) is 0 Å². The van der Waals surface area contributed by atoms with Crippen molar-refractivity contribution in [3.05, 3.63) is 23.8 Å². The molecular formula is C15H23N3O3. The highest BCUT2D eigenvalue weighted by atomic mass is 16.5. The van der Waals surface area contributed by atoms with Gasteiger partial charge in [0.15, 0.2) is 0 Å². The predicted molar refractivity (Wildman–Crippen MR) is 82.5 cm³/mol. The Morgan fingerprint density at radius 1 is 1.52 bits per heavy atom. The van der Waals surface area contributed by atoms with E-state index in [1.54, 1.807) is 19.2 Å². The number of anilines is 2. The monoisotopic (exact) mass is 293 g/mol. The van der Waals surface area contributed by atoms with Crippen LogP contribution in [0.3, 0.4) is 0 Å². The topological polar surface area (TPSA) is 85.6 Å². The molecule has 0 saturated carbocycles. The van der Waals surface area contributed by atoms with Crippen molar-refractivity contribution in [3.63, 3.8) is 0 Å². The number of rotatable bonds is 7. The molecule has 1 heterocycles. The lowest BCUT2D eigenvalue weighted by Gasteiger charge is -2.15. The zero-order valence-electron chi connectivity index (χ0n) is 12.4. The maximum absolute atomic E-state index is 12.2. The summed E-state index contributed by atoms with van der Waals surface area (Å²) in [4.78, 5) is 12.2. The van der Waals surface area contributed by atoms with Crippen LogP contribution in [0.2, 0.25) is 0 Å². The van der Waals surface area contributed by atoms with E-state index < -0.39 is 0 Å². The summed E-state index contributed by atoms with van der Waals surface area (Å²) in [7, 11) is 1.60. The van der Waals surface area contributed by atoms with Crippen molar-refractivity contribution >= 4 is 17.3 Å². The second kappa shape index (κ2) is 7.85. The number of hydrogen-bond donors (Lipinski definition) is 3. The standard InChI is InChI=1S/C15H23N3O3/c1-20-8-6-17-15(19)13-9-11(16)4-5-14(13)18-10-12-3-2-7-21-12/h4-5,9,12,18H,2-3,6-8,10,16H2,1H3,(H,17,19)/t12-/m0/s1. The molecule has 1 aromatic carbocycles. The van der Waals surface area contributed by atoms with Gasteiger partial charge in [0.25, 0.3) is 5.91 Å². The van der Waals surface area contributed by atoms with Crippen molar-refractivity contribution in [1.29, 1.82) is 0 Å². The van der Waals surface area contributed by atoms with Crippen LogP contribution >= 0.6 is 0 Å². The molecule has 1 aliphatic rings. The van der Waals surface area contributed by atoms with Gasteiger partial charge in [0.1, 0.15) is 0 Å². The largest absolute Gasteiger partial charge is 0.399 e. The first-order chi connectivity index (χ1) is 10.2. The quantitative estimate of drug-likeness (QED) is 0.520. The fraction of sp³-hybridized carbons (Fsp3) is 0.533. The molecule has 21 heavy (non-hydrogen) atoms. The van der Waals surface area contributed by atoms with Crippen molar-refractivity contribution in [2.45, 2.75) is 18.9 Å². The third-order valence-corrected chi connectivity index (χ3v) is 3.42. The Hall–Kier alpha value is -1.79. The van der Waals surface area contributed by atoms with Gasteiger partial charge in [0, 0.05) is 38.2 Å². The minimum absolute atomic E-state index is 0.158. The number of amides is 1. The van der Waals surface area contributed by atoms with E-state index >= 15 is 0 Å². The van der Waals surface area contributed by atoms with Crippen LogP contribution in [-0.4, -0.2) is 45.4 Å². The molecule has 1 fully saturated rings. The normalized spacial score (nSPS) is 17.7. The second-order valence-corrected chi connectivity index (χ2v) is 5.07. The molecule has 4 N–H and O–H groups in total. The minimum Gasteiger partial charge on any atom is -0.399 e. The fourth-order valence-corrected chi connectivity index (χ4v) is 2.29. The van der Waals surface area contributed by atoms with Crippen LogP contribution < -0.4 is 16.4 Å². The smallest absolute Gasteiger partial charge is 0.253 e. The van der Waals surface area contributed by atoms with Crippen molar-refractivity contribution in [2.75, 3.05) is 44.5 Å². The number of nitrogens with two attached hydrogens (primary N) is 1. The number of ether oxygens (including phenoxy) is 2. The molecule has 0 unspecified atom stereocenters. The Balaban J connectivity index is 1.99. The summed E-state index contributed by atoms with van der Waals surface area (Å²) in [5.74, 6) is -0.158. The van der Waals surface area contributed by atoms with Gasteiger partial charge in [0.2, 0.25) is 0 Å². The van der Waals surface area contributed by atoms with Gasteiger partial charge >= 0.3 is 0 Å². The molecule has 0 spiro atoms. The number of nitrogen functional groups attached to an aromatic ring is 1. The summed E-state index contributed by atoms with van der Waals surface area (Å²) < 4.78 is 10.5. The van der Waals surface area contributed by atoms with Gasteiger partial charge in [-0.05, 0) is 31.0 Å². The Morgan fingerprint density at radius 2 is 2.38 bits per heavy atom. The summed E-state index contributed by atoms with van der Waals surface area (Å²) in [6, 6.07) is 5.29. The zero-order chi connectivity index (χ0) is 15.1. The summed E-state index contributed by atoms with van der Waals surface area (Å²) in [6.45, 7) is 2.46. The Bertz CT molecular complexity index is 473. The van der Waals surface area contributed by atoms with Crippen LogP contribution in [0.25, 0.3) is 0 Å². The van der Waals surface area contributed by atoms with Gasteiger partial charge in [-0.3, -0.25) is 4.79 Å². The fourth-order valence-electron chi connectivity index (χ4n) is 2.29. The maximum atomic E-state index is 12.2. The molecule has 1 saturated heterocycles. The van der Waals surface area contributed by atoms with Crippen LogP contribution in [0, 0.1) is 0 Å². The van der Waals surface area contributed by atoms with Gasteiger partial charge < -0.3 is 25.8 Å². The average molecular weight is 293 g/mol. The van der Waals surface area contributed by atoms with Crippen molar-refractivity contribution in [2.24, 2.45) is 0 Å². The number of nitrogens with one attached hydrogen (secondary N) is 2. The molecule has 1 aromatic rings. The molecule has 2 rings (SSSR count). The van der Waals surface area contributed by atoms with E-state index in [1.165, 1.54) is 0 Å². The van der Waals surface area contributed by atoms with E-state index in [4.69, 9.17) is 15.2 Å². The zero-order valence-corrected chi connectivity index (χ0v) is 12.4. The van der Waals surface area contributed by atoms with E-state index in [9.17, 15) is 4.79 Å². The van der Waals surface area contributed by atoms with E-state index in [1.807, 2.05) is 6.07 Å². The first kappa shape index (κ1) is 15.6. The number of benzene rings is 1. The van der Waals surface area contributed by atoms with E-state index in [0.717, 1.165) is 25.1 Å². The van der Waals surface area contributed by atoms with Crippen LogP contribution in [0.15, 0.2) is 18.2 Å². The van der Waals surface area contributed by atoms with Crippen LogP contribution in [0.1, 0.15) is 23.2 Å². The molecule has 0 aromatic heterocycles. The molecule has 6 nitrogen and oxygen atoms in total. The van der Waals surface area contributed by atoms with Gasteiger partial charge in [-0.25, -0.2) is 0 Å². The molecule has 0 aliphatic carbocycles. The van der Waals surface area contributed by atoms with E-state index in [2.05, 4.69) is 10.6 Å². The molecule has 116 valence electrons. The third-order valence-electron chi connectivity index (χ3n) is 3.42. The highest BCUT2D eigenvalue weighted by molar-refractivity contribution is 6.00. The second-order valence-electron chi connectivity index (χ2n) is 5.07. The lowest BCUT2D eigenvalue weighted by atomic mass is 10.1. The number of hydrogen-bond acceptors (Lipinski definition) is 5. The lowest BCUT2D eigenvalue weighted by Crippen LogP contribution is -2.28. The summed E-state index contributed by atoms with van der Waals surface area (Å²) >= 11 is 0. The molecule has 1 atom stereocenters. The van der Waals surface area contributed by atoms with Crippen LogP contribution in [-0.2, 0) is 9.47 Å². The first-order valence-corrected chi connectivity index (χ1v) is 7.23.